The average Bonchev–Trinajstić information content (AvgIpc) is 3.09. The molecule has 0 radical (unpaired) electrons. The molecule has 2 N–H and O–H groups in total. The SMILES string of the molecule is CC(C)c1ccc(-c2csc3ncnc(Nc4ccc(O)cc4)c23)cc1.Cl. The topological polar surface area (TPSA) is 58.0 Å². The third kappa shape index (κ3) is 3.89. The third-order valence-corrected chi connectivity index (χ3v) is 5.27. The Balaban J connectivity index is 0.00000210. The maximum Gasteiger partial charge on any atom is 0.143 e. The minimum atomic E-state index is 0. The number of aromatic hydroxyl groups is 1. The first-order chi connectivity index (χ1) is 12.6. The standard InChI is InChI=1S/C21H19N3OS.ClH/c1-13(2)14-3-5-15(6-4-14)18-11-26-21-19(18)20(22-12-23-21)24-16-7-9-17(25)10-8-16;/h3-13,25H,1-2H3,(H,22,23,24);1H. The minimum Gasteiger partial charge on any atom is -0.508 e. The fourth-order valence-electron chi connectivity index (χ4n) is 2.91. The van der Waals surface area contributed by atoms with Crippen molar-refractivity contribution in [2.75, 3.05) is 5.32 Å². The minimum absolute atomic E-state index is 0. The summed E-state index contributed by atoms with van der Waals surface area (Å²) in [6.45, 7) is 4.39. The van der Waals surface area contributed by atoms with Crippen LogP contribution in [0.2, 0.25) is 0 Å². The monoisotopic (exact) mass is 397 g/mol. The lowest BCUT2D eigenvalue weighted by Crippen LogP contribution is -1.95. The first kappa shape index (κ1) is 19.1. The number of phenolic OH excluding ortho intramolecular Hbond substituents is 1. The number of fused-ring (bicyclic) bond motifs is 1. The Bertz CT molecular complexity index is 1040. The number of phenols is 1. The quantitative estimate of drug-likeness (QED) is 0.394. The van der Waals surface area contributed by atoms with Crippen LogP contribution in [-0.2, 0) is 0 Å². The van der Waals surface area contributed by atoms with E-state index in [1.54, 1.807) is 29.8 Å². The van der Waals surface area contributed by atoms with Crippen LogP contribution in [0.5, 0.6) is 5.75 Å². The summed E-state index contributed by atoms with van der Waals surface area (Å²) in [5.74, 6) is 1.52. The van der Waals surface area contributed by atoms with Gasteiger partial charge in [-0.15, -0.1) is 23.7 Å². The van der Waals surface area contributed by atoms with Crippen molar-refractivity contribution in [3.63, 3.8) is 0 Å². The zero-order valence-corrected chi connectivity index (χ0v) is 16.6. The van der Waals surface area contributed by atoms with Gasteiger partial charge in [-0.2, -0.15) is 0 Å². The number of hydrogen-bond donors (Lipinski definition) is 2. The molecule has 0 saturated carbocycles. The summed E-state index contributed by atoms with van der Waals surface area (Å²) in [7, 11) is 0. The molecular formula is C21H20ClN3OS. The largest absolute Gasteiger partial charge is 0.508 e. The summed E-state index contributed by atoms with van der Waals surface area (Å²) in [6.07, 6.45) is 1.58. The van der Waals surface area contributed by atoms with E-state index in [1.165, 1.54) is 5.56 Å². The number of benzene rings is 2. The lowest BCUT2D eigenvalue weighted by Gasteiger charge is -2.10. The van der Waals surface area contributed by atoms with Crippen molar-refractivity contribution in [3.8, 4) is 16.9 Å². The van der Waals surface area contributed by atoms with Gasteiger partial charge in [0.2, 0.25) is 0 Å². The molecule has 0 saturated heterocycles. The first-order valence-corrected chi connectivity index (χ1v) is 9.38. The van der Waals surface area contributed by atoms with Crippen molar-refractivity contribution >= 4 is 45.5 Å². The second-order valence-electron chi connectivity index (χ2n) is 6.50. The number of aromatic nitrogens is 2. The van der Waals surface area contributed by atoms with Gasteiger partial charge in [-0.05, 0) is 41.3 Å². The molecule has 0 aliphatic carbocycles. The van der Waals surface area contributed by atoms with Crippen molar-refractivity contribution in [1.29, 1.82) is 0 Å². The van der Waals surface area contributed by atoms with Crippen LogP contribution in [0, 0.1) is 0 Å². The van der Waals surface area contributed by atoms with Crippen LogP contribution < -0.4 is 5.32 Å². The number of anilines is 2. The predicted octanol–water partition coefficient (Wildman–Crippen LogP) is 6.35. The van der Waals surface area contributed by atoms with E-state index in [-0.39, 0.29) is 18.2 Å². The summed E-state index contributed by atoms with van der Waals surface area (Å²) in [5, 5.41) is 16.0. The van der Waals surface area contributed by atoms with E-state index >= 15 is 0 Å². The zero-order valence-electron chi connectivity index (χ0n) is 15.0. The lowest BCUT2D eigenvalue weighted by atomic mass is 9.99. The Labute approximate surface area is 168 Å². The lowest BCUT2D eigenvalue weighted by molar-refractivity contribution is 0.475. The average molecular weight is 398 g/mol. The van der Waals surface area contributed by atoms with E-state index in [1.807, 2.05) is 12.1 Å². The number of rotatable bonds is 4. The molecule has 0 bridgehead atoms. The number of hydrogen-bond acceptors (Lipinski definition) is 5. The first-order valence-electron chi connectivity index (χ1n) is 8.50. The van der Waals surface area contributed by atoms with Crippen molar-refractivity contribution in [1.82, 2.24) is 9.97 Å². The molecule has 6 heteroatoms. The summed E-state index contributed by atoms with van der Waals surface area (Å²) >= 11 is 1.62. The Morgan fingerprint density at radius 2 is 1.67 bits per heavy atom. The Morgan fingerprint density at radius 1 is 0.963 bits per heavy atom. The van der Waals surface area contributed by atoms with Gasteiger partial charge in [0.1, 0.15) is 22.7 Å². The number of nitrogens with one attached hydrogen (secondary N) is 1. The van der Waals surface area contributed by atoms with Gasteiger partial charge in [-0.25, -0.2) is 9.97 Å². The maximum absolute atomic E-state index is 9.46. The van der Waals surface area contributed by atoms with Crippen LogP contribution >= 0.6 is 23.7 Å². The molecule has 4 nitrogen and oxygen atoms in total. The molecular weight excluding hydrogens is 378 g/mol. The highest BCUT2D eigenvalue weighted by atomic mass is 35.5. The molecule has 0 fully saturated rings. The van der Waals surface area contributed by atoms with E-state index < -0.39 is 0 Å². The van der Waals surface area contributed by atoms with E-state index in [4.69, 9.17) is 0 Å². The number of thiophene rings is 1. The molecule has 2 aromatic heterocycles. The molecule has 2 aromatic carbocycles. The fourth-order valence-corrected chi connectivity index (χ4v) is 3.83. The summed E-state index contributed by atoms with van der Waals surface area (Å²) in [5.41, 5.74) is 4.48. The second-order valence-corrected chi connectivity index (χ2v) is 7.36. The molecule has 4 rings (SSSR count). The van der Waals surface area contributed by atoms with Gasteiger partial charge in [0.25, 0.3) is 0 Å². The molecule has 27 heavy (non-hydrogen) atoms. The van der Waals surface area contributed by atoms with Crippen LogP contribution in [-0.4, -0.2) is 15.1 Å². The molecule has 2 heterocycles. The van der Waals surface area contributed by atoms with E-state index in [0.717, 1.165) is 32.8 Å². The number of nitrogens with zero attached hydrogens (tertiary/aromatic N) is 2. The second kappa shape index (κ2) is 7.94. The third-order valence-electron chi connectivity index (χ3n) is 4.39. The van der Waals surface area contributed by atoms with Crippen molar-refractivity contribution in [2.24, 2.45) is 0 Å². The Morgan fingerprint density at radius 3 is 2.33 bits per heavy atom. The normalized spacial score (nSPS) is 10.8. The van der Waals surface area contributed by atoms with Gasteiger partial charge in [0.05, 0.1) is 5.39 Å². The van der Waals surface area contributed by atoms with Crippen LogP contribution in [0.1, 0.15) is 25.3 Å². The highest BCUT2D eigenvalue weighted by Gasteiger charge is 2.13. The van der Waals surface area contributed by atoms with Crippen molar-refractivity contribution < 1.29 is 5.11 Å². The molecule has 138 valence electrons. The van der Waals surface area contributed by atoms with Crippen LogP contribution in [0.3, 0.4) is 0 Å². The van der Waals surface area contributed by atoms with E-state index in [2.05, 4.69) is 58.8 Å². The van der Waals surface area contributed by atoms with E-state index in [9.17, 15) is 5.11 Å². The summed E-state index contributed by atoms with van der Waals surface area (Å²) in [4.78, 5) is 9.82. The van der Waals surface area contributed by atoms with Crippen LogP contribution in [0.4, 0.5) is 11.5 Å². The molecule has 0 amide bonds. The van der Waals surface area contributed by atoms with Gasteiger partial charge in [-0.3, -0.25) is 0 Å². The van der Waals surface area contributed by atoms with Crippen molar-refractivity contribution in [3.05, 3.63) is 65.8 Å². The van der Waals surface area contributed by atoms with Crippen LogP contribution in [0.15, 0.2) is 60.2 Å². The molecule has 0 aliphatic heterocycles. The summed E-state index contributed by atoms with van der Waals surface area (Å²) in [6, 6.07) is 15.6. The van der Waals surface area contributed by atoms with Gasteiger partial charge < -0.3 is 10.4 Å². The van der Waals surface area contributed by atoms with Gasteiger partial charge in [0.15, 0.2) is 0 Å². The summed E-state index contributed by atoms with van der Waals surface area (Å²) < 4.78 is 0. The molecule has 0 aliphatic rings. The van der Waals surface area contributed by atoms with Gasteiger partial charge in [-0.1, -0.05) is 38.1 Å². The van der Waals surface area contributed by atoms with Crippen molar-refractivity contribution in [2.45, 2.75) is 19.8 Å². The van der Waals surface area contributed by atoms with Crippen LogP contribution in [0.25, 0.3) is 21.3 Å². The number of halogens is 1. The smallest absolute Gasteiger partial charge is 0.143 e. The molecule has 0 spiro atoms. The molecule has 0 unspecified atom stereocenters. The van der Waals surface area contributed by atoms with Gasteiger partial charge in [0, 0.05) is 16.6 Å². The maximum atomic E-state index is 9.46. The highest BCUT2D eigenvalue weighted by molar-refractivity contribution is 7.17. The van der Waals surface area contributed by atoms with Gasteiger partial charge >= 0.3 is 0 Å². The Kier molecular flexibility index (Phi) is 5.63. The fraction of sp³-hybridized carbons (Fsp3) is 0.143. The van der Waals surface area contributed by atoms with E-state index in [0.29, 0.717) is 5.92 Å². The highest BCUT2D eigenvalue weighted by Crippen LogP contribution is 2.37. The molecule has 0 atom stereocenters. The molecule has 4 aromatic rings. The predicted molar refractivity (Wildman–Crippen MR) is 116 cm³/mol. The Hall–Kier alpha value is -2.63. The zero-order chi connectivity index (χ0) is 18.1.